The molecule has 0 amide bonds. The largest absolute Gasteiger partial charge is 0.462 e. The summed E-state index contributed by atoms with van der Waals surface area (Å²) in [5, 5.41) is 0. The van der Waals surface area contributed by atoms with E-state index >= 15 is 0 Å². The predicted molar refractivity (Wildman–Crippen MR) is 61.1 cm³/mol. The summed E-state index contributed by atoms with van der Waals surface area (Å²) < 4.78 is 81.5. The monoisotopic (exact) mass is 314 g/mol. The molecule has 0 N–H and O–H groups in total. The topological polar surface area (TPSA) is 26.3 Å². The maximum atomic E-state index is 13.4. The number of esters is 1. The molecule has 0 unspecified atom stereocenters. The Morgan fingerprint density at radius 2 is 1.71 bits per heavy atom. The number of hydrogen-bond acceptors (Lipinski definition) is 2. The fraction of sp³-hybridized carbons (Fsp3) is 0.462. The SMILES string of the molecule is CCCCCOC(=O)c1cc(C(F)(F)F)c(F)c(F)c1F. The fourth-order valence-corrected chi connectivity index (χ4v) is 1.55. The Bertz CT molecular complexity index is 524. The second-order valence-electron chi connectivity index (χ2n) is 4.25. The first-order chi connectivity index (χ1) is 9.70. The van der Waals surface area contributed by atoms with Gasteiger partial charge < -0.3 is 4.74 Å². The van der Waals surface area contributed by atoms with Crippen LogP contribution >= 0.6 is 0 Å². The van der Waals surface area contributed by atoms with Crippen LogP contribution in [0.3, 0.4) is 0 Å². The maximum absolute atomic E-state index is 13.4. The van der Waals surface area contributed by atoms with Crippen LogP contribution in [0.15, 0.2) is 6.07 Å². The summed E-state index contributed by atoms with van der Waals surface area (Å²) in [4.78, 5) is 11.5. The first-order valence-corrected chi connectivity index (χ1v) is 6.12. The van der Waals surface area contributed by atoms with Gasteiger partial charge >= 0.3 is 12.1 Å². The lowest BCUT2D eigenvalue weighted by Crippen LogP contribution is -2.16. The van der Waals surface area contributed by atoms with E-state index in [0.717, 1.165) is 6.42 Å². The highest BCUT2D eigenvalue weighted by Gasteiger charge is 2.38. The molecule has 0 aliphatic heterocycles. The van der Waals surface area contributed by atoms with E-state index < -0.39 is 40.7 Å². The van der Waals surface area contributed by atoms with Gasteiger partial charge in [0.05, 0.1) is 17.7 Å². The summed E-state index contributed by atoms with van der Waals surface area (Å²) >= 11 is 0. The summed E-state index contributed by atoms with van der Waals surface area (Å²) in [6.45, 7) is 1.72. The number of hydrogen-bond donors (Lipinski definition) is 0. The van der Waals surface area contributed by atoms with Crippen molar-refractivity contribution >= 4 is 5.97 Å². The lowest BCUT2D eigenvalue weighted by molar-refractivity contribution is -0.140. The number of carbonyl (C=O) groups excluding carboxylic acids is 1. The van der Waals surface area contributed by atoms with Crippen LogP contribution in [0.1, 0.15) is 42.1 Å². The van der Waals surface area contributed by atoms with Crippen LogP contribution in [0.25, 0.3) is 0 Å². The molecule has 0 heterocycles. The summed E-state index contributed by atoms with van der Waals surface area (Å²) in [6.07, 6.45) is -3.33. The molecule has 0 saturated carbocycles. The third-order valence-corrected chi connectivity index (χ3v) is 2.65. The molecule has 21 heavy (non-hydrogen) atoms. The normalized spacial score (nSPS) is 11.6. The number of unbranched alkanes of at least 4 members (excludes halogenated alkanes) is 2. The molecular formula is C13H12F6O2. The first-order valence-electron chi connectivity index (χ1n) is 6.12. The Morgan fingerprint density at radius 3 is 2.24 bits per heavy atom. The van der Waals surface area contributed by atoms with Crippen molar-refractivity contribution in [2.24, 2.45) is 0 Å². The van der Waals surface area contributed by atoms with Gasteiger partial charge in [-0.05, 0) is 12.5 Å². The number of carbonyl (C=O) groups is 1. The van der Waals surface area contributed by atoms with E-state index in [9.17, 15) is 31.1 Å². The van der Waals surface area contributed by atoms with E-state index in [4.69, 9.17) is 0 Å². The van der Waals surface area contributed by atoms with Crippen LogP contribution < -0.4 is 0 Å². The van der Waals surface area contributed by atoms with Gasteiger partial charge in [-0.3, -0.25) is 0 Å². The van der Waals surface area contributed by atoms with Crippen LogP contribution in [-0.4, -0.2) is 12.6 Å². The highest BCUT2D eigenvalue weighted by atomic mass is 19.4. The van der Waals surface area contributed by atoms with E-state index in [1.165, 1.54) is 0 Å². The molecule has 118 valence electrons. The molecule has 2 nitrogen and oxygen atoms in total. The van der Waals surface area contributed by atoms with Crippen molar-refractivity contribution < 1.29 is 35.9 Å². The van der Waals surface area contributed by atoms with Gasteiger partial charge in [-0.1, -0.05) is 19.8 Å². The Balaban J connectivity index is 3.07. The van der Waals surface area contributed by atoms with E-state index in [1.54, 1.807) is 0 Å². The number of rotatable bonds is 5. The zero-order valence-electron chi connectivity index (χ0n) is 11.0. The minimum Gasteiger partial charge on any atom is -0.462 e. The molecular weight excluding hydrogens is 302 g/mol. The van der Waals surface area contributed by atoms with Gasteiger partial charge in [-0.15, -0.1) is 0 Å². The Morgan fingerprint density at radius 1 is 1.10 bits per heavy atom. The van der Waals surface area contributed by atoms with Crippen molar-refractivity contribution in [2.75, 3.05) is 6.61 Å². The quantitative estimate of drug-likeness (QED) is 0.347. The zero-order chi connectivity index (χ0) is 16.2. The minimum absolute atomic E-state index is 0.0874. The minimum atomic E-state index is -5.25. The molecule has 0 atom stereocenters. The third kappa shape index (κ3) is 4.12. The van der Waals surface area contributed by atoms with Crippen LogP contribution in [0, 0.1) is 17.5 Å². The molecule has 0 fully saturated rings. The molecule has 0 bridgehead atoms. The highest BCUT2D eigenvalue weighted by Crippen LogP contribution is 2.34. The smallest absolute Gasteiger partial charge is 0.419 e. The van der Waals surface area contributed by atoms with Gasteiger partial charge in [0.1, 0.15) is 0 Å². The van der Waals surface area contributed by atoms with Crippen molar-refractivity contribution in [3.8, 4) is 0 Å². The molecule has 1 aromatic rings. The van der Waals surface area contributed by atoms with Gasteiger partial charge in [0.25, 0.3) is 0 Å². The highest BCUT2D eigenvalue weighted by molar-refractivity contribution is 5.90. The van der Waals surface area contributed by atoms with Gasteiger partial charge in [0.15, 0.2) is 17.5 Å². The van der Waals surface area contributed by atoms with Crippen molar-refractivity contribution in [1.82, 2.24) is 0 Å². The molecule has 0 spiro atoms. The molecule has 0 aliphatic rings. The standard InChI is InChI=1S/C13H12F6O2/c1-2-3-4-5-21-12(20)7-6-8(13(17,18)19)10(15)11(16)9(7)14/h6H,2-5H2,1H3. The Kier molecular flexibility index (Phi) is 5.62. The van der Waals surface area contributed by atoms with Crippen molar-refractivity contribution in [2.45, 2.75) is 32.4 Å². The first kappa shape index (κ1) is 17.3. The average molecular weight is 314 g/mol. The number of alkyl halides is 3. The van der Waals surface area contributed by atoms with Gasteiger partial charge in [-0.25, -0.2) is 18.0 Å². The number of halogens is 6. The van der Waals surface area contributed by atoms with Crippen LogP contribution in [-0.2, 0) is 10.9 Å². The van der Waals surface area contributed by atoms with Crippen LogP contribution in [0.4, 0.5) is 26.3 Å². The summed E-state index contributed by atoms with van der Waals surface area (Å²) in [6, 6.07) is -0.0874. The molecule has 0 radical (unpaired) electrons. The summed E-state index contributed by atoms with van der Waals surface area (Å²) in [5.41, 5.74) is -3.33. The van der Waals surface area contributed by atoms with E-state index in [0.29, 0.717) is 12.8 Å². The van der Waals surface area contributed by atoms with Crippen molar-refractivity contribution in [1.29, 1.82) is 0 Å². The lowest BCUT2D eigenvalue weighted by atomic mass is 10.1. The van der Waals surface area contributed by atoms with Gasteiger partial charge in [0, 0.05) is 0 Å². The van der Waals surface area contributed by atoms with Crippen molar-refractivity contribution in [3.05, 3.63) is 34.6 Å². The van der Waals surface area contributed by atoms with E-state index in [2.05, 4.69) is 4.74 Å². The molecule has 8 heteroatoms. The predicted octanol–water partition coefficient (Wildman–Crippen LogP) is 4.47. The summed E-state index contributed by atoms with van der Waals surface area (Å²) in [5.74, 6) is -8.21. The van der Waals surface area contributed by atoms with Gasteiger partial charge in [-0.2, -0.15) is 13.2 Å². The van der Waals surface area contributed by atoms with E-state index in [-0.39, 0.29) is 12.7 Å². The molecule has 1 aromatic carbocycles. The maximum Gasteiger partial charge on any atom is 0.419 e. The number of benzene rings is 1. The second kappa shape index (κ2) is 6.82. The average Bonchev–Trinajstić information content (AvgIpc) is 2.39. The number of ether oxygens (including phenoxy) is 1. The second-order valence-corrected chi connectivity index (χ2v) is 4.25. The fourth-order valence-electron chi connectivity index (χ4n) is 1.55. The van der Waals surface area contributed by atoms with E-state index in [1.807, 2.05) is 6.92 Å². The van der Waals surface area contributed by atoms with Crippen LogP contribution in [0.2, 0.25) is 0 Å². The summed E-state index contributed by atoms with van der Waals surface area (Å²) in [7, 11) is 0. The Labute approximate surface area is 116 Å². The van der Waals surface area contributed by atoms with Crippen LogP contribution in [0.5, 0.6) is 0 Å². The van der Waals surface area contributed by atoms with Crippen molar-refractivity contribution in [3.63, 3.8) is 0 Å². The molecule has 0 aliphatic carbocycles. The Hall–Kier alpha value is -1.73. The third-order valence-electron chi connectivity index (χ3n) is 2.65. The zero-order valence-corrected chi connectivity index (χ0v) is 11.0. The molecule has 1 rings (SSSR count). The molecule has 0 saturated heterocycles. The van der Waals surface area contributed by atoms with Gasteiger partial charge in [0.2, 0.25) is 0 Å². The molecule has 0 aromatic heterocycles. The lowest BCUT2D eigenvalue weighted by Gasteiger charge is -2.12.